The lowest BCUT2D eigenvalue weighted by Crippen LogP contribution is -2.38. The highest BCUT2D eigenvalue weighted by atomic mass is 35.5. The molecular formula is C9H13ClO3. The first-order chi connectivity index (χ1) is 6.21. The van der Waals surface area contributed by atoms with E-state index in [0.717, 1.165) is 6.42 Å². The Morgan fingerprint density at radius 1 is 1.69 bits per heavy atom. The SMILES string of the molecule is O=C(O)C1(C/C=C/Cl)CCCOC1. The summed E-state index contributed by atoms with van der Waals surface area (Å²) < 4.78 is 5.19. The fraction of sp³-hybridized carbons (Fsp3) is 0.667. The molecule has 0 aliphatic carbocycles. The maximum Gasteiger partial charge on any atom is 0.312 e. The zero-order valence-corrected chi connectivity index (χ0v) is 8.09. The van der Waals surface area contributed by atoms with Crippen LogP contribution in [0.15, 0.2) is 11.6 Å². The van der Waals surface area contributed by atoms with Gasteiger partial charge >= 0.3 is 5.97 Å². The molecule has 1 fully saturated rings. The lowest BCUT2D eigenvalue weighted by molar-refractivity contribution is -0.157. The largest absolute Gasteiger partial charge is 0.481 e. The number of ether oxygens (including phenoxy) is 1. The monoisotopic (exact) mass is 204 g/mol. The molecule has 1 N–H and O–H groups in total. The summed E-state index contributed by atoms with van der Waals surface area (Å²) >= 11 is 5.37. The van der Waals surface area contributed by atoms with E-state index in [1.54, 1.807) is 6.08 Å². The number of allylic oxidation sites excluding steroid dienone is 1. The topological polar surface area (TPSA) is 46.5 Å². The maximum absolute atomic E-state index is 11.0. The van der Waals surface area contributed by atoms with E-state index in [1.807, 2.05) is 0 Å². The van der Waals surface area contributed by atoms with Crippen molar-refractivity contribution in [1.82, 2.24) is 0 Å². The maximum atomic E-state index is 11.0. The Kier molecular flexibility index (Phi) is 3.75. The van der Waals surface area contributed by atoms with Crippen LogP contribution in [0.5, 0.6) is 0 Å². The minimum atomic E-state index is -0.790. The molecule has 74 valence electrons. The first-order valence-electron chi connectivity index (χ1n) is 4.28. The molecule has 1 aliphatic rings. The number of halogens is 1. The van der Waals surface area contributed by atoms with Gasteiger partial charge in [0.2, 0.25) is 0 Å². The van der Waals surface area contributed by atoms with E-state index < -0.39 is 11.4 Å². The zero-order valence-electron chi connectivity index (χ0n) is 7.33. The molecule has 3 nitrogen and oxygen atoms in total. The van der Waals surface area contributed by atoms with Crippen LogP contribution in [0.25, 0.3) is 0 Å². The summed E-state index contributed by atoms with van der Waals surface area (Å²) in [5.41, 5.74) is 0.614. The number of carboxylic acids is 1. The summed E-state index contributed by atoms with van der Waals surface area (Å²) in [4.78, 5) is 11.0. The van der Waals surface area contributed by atoms with E-state index in [2.05, 4.69) is 0 Å². The summed E-state index contributed by atoms with van der Waals surface area (Å²) in [5.74, 6) is -0.790. The zero-order chi connectivity index (χ0) is 9.73. The normalized spacial score (nSPS) is 29.3. The second-order valence-corrected chi connectivity index (χ2v) is 3.56. The number of rotatable bonds is 3. The quantitative estimate of drug-likeness (QED) is 0.765. The van der Waals surface area contributed by atoms with Gasteiger partial charge in [-0.25, -0.2) is 0 Å². The van der Waals surface area contributed by atoms with Crippen molar-refractivity contribution < 1.29 is 14.6 Å². The molecule has 0 radical (unpaired) electrons. The van der Waals surface area contributed by atoms with Gasteiger partial charge in [0.05, 0.1) is 12.0 Å². The molecular weight excluding hydrogens is 192 g/mol. The fourth-order valence-corrected chi connectivity index (χ4v) is 1.63. The predicted octanol–water partition coefficient (Wildman–Crippen LogP) is 2.01. The molecule has 1 rings (SSSR count). The minimum absolute atomic E-state index is 0.295. The van der Waals surface area contributed by atoms with Crippen molar-refractivity contribution in [2.45, 2.75) is 19.3 Å². The molecule has 0 aromatic rings. The second-order valence-electron chi connectivity index (χ2n) is 3.31. The average Bonchev–Trinajstić information content (AvgIpc) is 2.16. The number of carboxylic acid groups (broad SMARTS) is 1. The molecule has 1 aliphatic heterocycles. The molecule has 1 heterocycles. The van der Waals surface area contributed by atoms with Gasteiger partial charge in [-0.2, -0.15) is 0 Å². The van der Waals surface area contributed by atoms with E-state index in [4.69, 9.17) is 21.4 Å². The highest BCUT2D eigenvalue weighted by Crippen LogP contribution is 2.33. The summed E-state index contributed by atoms with van der Waals surface area (Å²) in [6.45, 7) is 0.961. The van der Waals surface area contributed by atoms with Gasteiger partial charge in [0.25, 0.3) is 0 Å². The molecule has 0 saturated carbocycles. The van der Waals surface area contributed by atoms with Gasteiger partial charge in [0, 0.05) is 12.1 Å². The highest BCUT2D eigenvalue weighted by Gasteiger charge is 2.39. The number of hydrogen-bond donors (Lipinski definition) is 1. The summed E-state index contributed by atoms with van der Waals surface area (Å²) in [7, 11) is 0. The van der Waals surface area contributed by atoms with E-state index >= 15 is 0 Å². The van der Waals surface area contributed by atoms with Crippen LogP contribution in [0, 0.1) is 5.41 Å². The highest BCUT2D eigenvalue weighted by molar-refractivity contribution is 6.25. The lowest BCUT2D eigenvalue weighted by Gasteiger charge is -2.31. The summed E-state index contributed by atoms with van der Waals surface area (Å²) in [6, 6.07) is 0. The van der Waals surface area contributed by atoms with Crippen molar-refractivity contribution in [3.63, 3.8) is 0 Å². The van der Waals surface area contributed by atoms with Gasteiger partial charge in [-0.1, -0.05) is 17.7 Å². The molecule has 13 heavy (non-hydrogen) atoms. The van der Waals surface area contributed by atoms with Crippen LogP contribution in [0.1, 0.15) is 19.3 Å². The summed E-state index contributed by atoms with van der Waals surface area (Å²) in [6.07, 6.45) is 3.60. The van der Waals surface area contributed by atoms with Crippen molar-refractivity contribution in [2.24, 2.45) is 5.41 Å². The third kappa shape index (κ3) is 2.45. The van der Waals surface area contributed by atoms with Gasteiger partial charge in [-0.15, -0.1) is 0 Å². The Morgan fingerprint density at radius 2 is 2.46 bits per heavy atom. The molecule has 0 bridgehead atoms. The molecule has 4 heteroatoms. The first-order valence-corrected chi connectivity index (χ1v) is 4.71. The molecule has 0 aromatic heterocycles. The fourth-order valence-electron chi connectivity index (χ4n) is 1.54. The molecule has 0 aromatic carbocycles. The Hall–Kier alpha value is -0.540. The van der Waals surface area contributed by atoms with Crippen molar-refractivity contribution in [1.29, 1.82) is 0 Å². The van der Waals surface area contributed by atoms with E-state index in [-0.39, 0.29) is 0 Å². The first kappa shape index (κ1) is 10.5. The van der Waals surface area contributed by atoms with Crippen LogP contribution in [-0.4, -0.2) is 24.3 Å². The van der Waals surface area contributed by atoms with E-state index in [1.165, 1.54) is 5.54 Å². The van der Waals surface area contributed by atoms with Crippen LogP contribution in [0.3, 0.4) is 0 Å². The second kappa shape index (κ2) is 4.63. The molecule has 1 atom stereocenters. The Balaban J connectivity index is 2.67. The average molecular weight is 205 g/mol. The van der Waals surface area contributed by atoms with Crippen molar-refractivity contribution in [2.75, 3.05) is 13.2 Å². The van der Waals surface area contributed by atoms with Crippen molar-refractivity contribution in [3.8, 4) is 0 Å². The Morgan fingerprint density at radius 3 is 2.92 bits per heavy atom. The number of aliphatic carboxylic acids is 1. The van der Waals surface area contributed by atoms with Crippen LogP contribution < -0.4 is 0 Å². The van der Waals surface area contributed by atoms with Crippen LogP contribution in [-0.2, 0) is 9.53 Å². The molecule has 0 amide bonds. The summed E-state index contributed by atoms with van der Waals surface area (Å²) in [5, 5.41) is 9.06. The Labute approximate surface area is 82.3 Å². The van der Waals surface area contributed by atoms with Crippen LogP contribution >= 0.6 is 11.6 Å². The van der Waals surface area contributed by atoms with Gasteiger partial charge in [-0.3, -0.25) is 4.79 Å². The van der Waals surface area contributed by atoms with E-state index in [0.29, 0.717) is 26.1 Å². The van der Waals surface area contributed by atoms with Gasteiger partial charge in [0.1, 0.15) is 0 Å². The van der Waals surface area contributed by atoms with E-state index in [9.17, 15) is 4.79 Å². The third-order valence-corrected chi connectivity index (χ3v) is 2.55. The molecule has 1 saturated heterocycles. The number of carbonyl (C=O) groups is 1. The standard InChI is InChI=1S/C9H13ClO3/c10-5-1-3-9(8(11)12)4-2-6-13-7-9/h1,5H,2-4,6-7H2,(H,11,12)/b5-1+. The van der Waals surface area contributed by atoms with Crippen LogP contribution in [0.4, 0.5) is 0 Å². The van der Waals surface area contributed by atoms with Crippen molar-refractivity contribution in [3.05, 3.63) is 11.6 Å². The Bertz CT molecular complexity index is 207. The van der Waals surface area contributed by atoms with Gasteiger partial charge in [-0.05, 0) is 19.3 Å². The molecule has 1 unspecified atom stereocenters. The van der Waals surface area contributed by atoms with Gasteiger partial charge < -0.3 is 9.84 Å². The molecule has 0 spiro atoms. The minimum Gasteiger partial charge on any atom is -0.481 e. The predicted molar refractivity (Wildman–Crippen MR) is 49.7 cm³/mol. The third-order valence-electron chi connectivity index (χ3n) is 2.37. The smallest absolute Gasteiger partial charge is 0.312 e. The van der Waals surface area contributed by atoms with Crippen molar-refractivity contribution >= 4 is 17.6 Å². The number of hydrogen-bond acceptors (Lipinski definition) is 2. The van der Waals surface area contributed by atoms with Crippen LogP contribution in [0.2, 0.25) is 0 Å². The van der Waals surface area contributed by atoms with Gasteiger partial charge in [0.15, 0.2) is 0 Å². The lowest BCUT2D eigenvalue weighted by atomic mass is 9.80.